The summed E-state index contributed by atoms with van der Waals surface area (Å²) in [6.07, 6.45) is 10.5. The number of hydrogen-bond donors (Lipinski definition) is 1. The molecule has 2 heterocycles. The smallest absolute Gasteiger partial charge is 0.142 e. The number of pyridine rings is 1. The minimum Gasteiger partial charge on any atom is -0.392 e. The average Bonchev–Trinajstić information content (AvgIpc) is 2.49. The van der Waals surface area contributed by atoms with Gasteiger partial charge in [-0.05, 0) is 37.2 Å². The van der Waals surface area contributed by atoms with E-state index >= 15 is 0 Å². The van der Waals surface area contributed by atoms with Crippen LogP contribution in [0.4, 0.5) is 10.2 Å². The van der Waals surface area contributed by atoms with Crippen LogP contribution in [0.3, 0.4) is 0 Å². The molecule has 3 rings (SSSR count). The van der Waals surface area contributed by atoms with Crippen molar-refractivity contribution in [1.29, 1.82) is 0 Å². The molecule has 1 aromatic heterocycles. The van der Waals surface area contributed by atoms with Crippen LogP contribution in [0.1, 0.15) is 50.5 Å². The van der Waals surface area contributed by atoms with E-state index in [1.165, 1.54) is 57.2 Å². The van der Waals surface area contributed by atoms with Gasteiger partial charge >= 0.3 is 0 Å². The molecule has 1 aliphatic carbocycles. The van der Waals surface area contributed by atoms with Gasteiger partial charge in [-0.1, -0.05) is 19.3 Å². The summed E-state index contributed by atoms with van der Waals surface area (Å²) in [7, 11) is 0. The zero-order chi connectivity index (χ0) is 14.0. The maximum absolute atomic E-state index is 13.2. The van der Waals surface area contributed by atoms with Crippen molar-refractivity contribution in [3.8, 4) is 0 Å². The number of aliphatic hydroxyl groups is 1. The zero-order valence-corrected chi connectivity index (χ0v) is 11.9. The normalized spacial score (nSPS) is 22.2. The number of aliphatic hydroxyl groups excluding tert-OH is 1. The highest BCUT2D eigenvalue weighted by molar-refractivity contribution is 5.47. The molecule has 0 radical (unpaired) electrons. The number of rotatable bonds is 2. The highest BCUT2D eigenvalue weighted by atomic mass is 19.1. The monoisotopic (exact) mass is 278 g/mol. The van der Waals surface area contributed by atoms with Gasteiger partial charge in [-0.3, -0.25) is 0 Å². The van der Waals surface area contributed by atoms with E-state index in [4.69, 9.17) is 0 Å². The van der Waals surface area contributed by atoms with E-state index in [-0.39, 0.29) is 12.4 Å². The number of anilines is 1. The van der Waals surface area contributed by atoms with Crippen molar-refractivity contribution in [2.75, 3.05) is 18.0 Å². The van der Waals surface area contributed by atoms with E-state index in [1.54, 1.807) is 0 Å². The van der Waals surface area contributed by atoms with Crippen LogP contribution in [-0.4, -0.2) is 23.2 Å². The molecule has 0 amide bonds. The number of nitrogens with zero attached hydrogens (tertiary/aromatic N) is 2. The summed E-state index contributed by atoms with van der Waals surface area (Å²) in [6, 6.07) is 1.40. The summed E-state index contributed by atoms with van der Waals surface area (Å²) in [6.45, 7) is 1.80. The van der Waals surface area contributed by atoms with E-state index in [9.17, 15) is 9.50 Å². The molecule has 1 spiro atoms. The van der Waals surface area contributed by atoms with E-state index < -0.39 is 0 Å². The molecular formula is C16H23FN2O. The predicted octanol–water partition coefficient (Wildman–Crippen LogP) is 3.26. The summed E-state index contributed by atoms with van der Waals surface area (Å²) in [5.74, 6) is 0.387. The van der Waals surface area contributed by atoms with E-state index in [0.717, 1.165) is 18.9 Å². The maximum Gasteiger partial charge on any atom is 0.142 e. The second kappa shape index (κ2) is 5.68. The second-order valence-electron chi connectivity index (χ2n) is 6.34. The zero-order valence-electron chi connectivity index (χ0n) is 11.9. The van der Waals surface area contributed by atoms with Crippen molar-refractivity contribution in [2.45, 2.75) is 51.6 Å². The highest BCUT2D eigenvalue weighted by Gasteiger charge is 2.36. The Kier molecular flexibility index (Phi) is 3.92. The van der Waals surface area contributed by atoms with Crippen molar-refractivity contribution in [1.82, 2.24) is 4.98 Å². The van der Waals surface area contributed by atoms with Crippen LogP contribution in [0.5, 0.6) is 0 Å². The average molecular weight is 278 g/mol. The van der Waals surface area contributed by atoms with Gasteiger partial charge in [-0.25, -0.2) is 9.37 Å². The number of halogens is 1. The summed E-state index contributed by atoms with van der Waals surface area (Å²) in [5, 5.41) is 9.38. The third-order valence-corrected chi connectivity index (χ3v) is 5.12. The molecule has 110 valence electrons. The molecule has 0 unspecified atom stereocenters. The van der Waals surface area contributed by atoms with Crippen molar-refractivity contribution in [2.24, 2.45) is 5.41 Å². The van der Waals surface area contributed by atoms with Crippen LogP contribution in [0.2, 0.25) is 0 Å². The fraction of sp³-hybridized carbons (Fsp3) is 0.688. The fourth-order valence-electron chi connectivity index (χ4n) is 3.87. The number of piperidine rings is 1. The molecule has 2 aliphatic rings. The lowest BCUT2D eigenvalue weighted by Gasteiger charge is -2.45. The lowest BCUT2D eigenvalue weighted by molar-refractivity contribution is 0.144. The van der Waals surface area contributed by atoms with Gasteiger partial charge in [0.2, 0.25) is 0 Å². The van der Waals surface area contributed by atoms with Gasteiger partial charge in [-0.2, -0.15) is 0 Å². The first kappa shape index (κ1) is 13.8. The fourth-order valence-corrected chi connectivity index (χ4v) is 3.87. The van der Waals surface area contributed by atoms with Gasteiger partial charge in [0.05, 0.1) is 12.8 Å². The lowest BCUT2D eigenvalue weighted by atomic mass is 9.68. The van der Waals surface area contributed by atoms with E-state index in [0.29, 0.717) is 11.0 Å². The molecule has 1 aromatic rings. The molecule has 20 heavy (non-hydrogen) atoms. The third kappa shape index (κ3) is 2.66. The van der Waals surface area contributed by atoms with E-state index in [2.05, 4.69) is 9.88 Å². The summed E-state index contributed by atoms with van der Waals surface area (Å²) >= 11 is 0. The minimum absolute atomic E-state index is 0.151. The summed E-state index contributed by atoms with van der Waals surface area (Å²) in [4.78, 5) is 6.41. The first-order valence-corrected chi connectivity index (χ1v) is 7.73. The minimum atomic E-state index is -0.376. The molecular weight excluding hydrogens is 255 g/mol. The van der Waals surface area contributed by atoms with Crippen LogP contribution in [0.15, 0.2) is 12.3 Å². The van der Waals surface area contributed by atoms with E-state index in [1.807, 2.05) is 0 Å². The van der Waals surface area contributed by atoms with Crippen LogP contribution in [-0.2, 0) is 6.61 Å². The SMILES string of the molecule is OCc1cc(F)cnc1N1CCC2(CCCCC2)CC1. The maximum atomic E-state index is 13.2. The van der Waals surface area contributed by atoms with Crippen molar-refractivity contribution < 1.29 is 9.50 Å². The molecule has 1 saturated heterocycles. The molecule has 1 aliphatic heterocycles. The van der Waals surface area contributed by atoms with Gasteiger partial charge in [0.15, 0.2) is 0 Å². The molecule has 4 heteroatoms. The third-order valence-electron chi connectivity index (χ3n) is 5.12. The van der Waals surface area contributed by atoms with Crippen LogP contribution < -0.4 is 4.90 Å². The first-order chi connectivity index (χ1) is 9.72. The van der Waals surface area contributed by atoms with Crippen LogP contribution in [0, 0.1) is 11.2 Å². The van der Waals surface area contributed by atoms with Crippen molar-refractivity contribution in [3.63, 3.8) is 0 Å². The van der Waals surface area contributed by atoms with Crippen molar-refractivity contribution >= 4 is 5.82 Å². The molecule has 2 fully saturated rings. The number of hydrogen-bond acceptors (Lipinski definition) is 3. The molecule has 0 atom stereocenters. The topological polar surface area (TPSA) is 36.4 Å². The quantitative estimate of drug-likeness (QED) is 0.902. The molecule has 3 nitrogen and oxygen atoms in total. The Morgan fingerprint density at radius 3 is 2.50 bits per heavy atom. The summed E-state index contributed by atoms with van der Waals surface area (Å²) in [5.41, 5.74) is 1.15. The lowest BCUT2D eigenvalue weighted by Crippen LogP contribution is -2.41. The molecule has 1 N–H and O–H groups in total. The second-order valence-corrected chi connectivity index (χ2v) is 6.34. The standard InChI is InChI=1S/C16H23FN2O/c17-14-10-13(12-20)15(18-11-14)19-8-6-16(7-9-19)4-2-1-3-5-16/h10-11,20H,1-9,12H2. The Morgan fingerprint density at radius 2 is 1.85 bits per heavy atom. The largest absolute Gasteiger partial charge is 0.392 e. The molecule has 0 aromatic carbocycles. The summed E-state index contributed by atoms with van der Waals surface area (Å²) < 4.78 is 13.2. The van der Waals surface area contributed by atoms with Gasteiger partial charge in [0, 0.05) is 18.7 Å². The van der Waals surface area contributed by atoms with Gasteiger partial charge in [0.25, 0.3) is 0 Å². The molecule has 1 saturated carbocycles. The van der Waals surface area contributed by atoms with Gasteiger partial charge in [-0.15, -0.1) is 0 Å². The first-order valence-electron chi connectivity index (χ1n) is 7.73. The Bertz CT molecular complexity index is 462. The Labute approximate surface area is 119 Å². The van der Waals surface area contributed by atoms with Crippen LogP contribution in [0.25, 0.3) is 0 Å². The Balaban J connectivity index is 1.71. The van der Waals surface area contributed by atoms with Crippen LogP contribution >= 0.6 is 0 Å². The Hall–Kier alpha value is -1.16. The highest BCUT2D eigenvalue weighted by Crippen LogP contribution is 2.45. The predicted molar refractivity (Wildman–Crippen MR) is 77.1 cm³/mol. The van der Waals surface area contributed by atoms with Gasteiger partial charge in [0.1, 0.15) is 11.6 Å². The Morgan fingerprint density at radius 1 is 1.15 bits per heavy atom. The van der Waals surface area contributed by atoms with Gasteiger partial charge < -0.3 is 10.0 Å². The number of aromatic nitrogens is 1. The molecule has 0 bridgehead atoms. The van der Waals surface area contributed by atoms with Crippen molar-refractivity contribution in [3.05, 3.63) is 23.6 Å².